The van der Waals surface area contributed by atoms with Gasteiger partial charge in [0.05, 0.1) is 0 Å². The molecule has 0 amide bonds. The molecule has 1 unspecified atom stereocenters. The summed E-state index contributed by atoms with van der Waals surface area (Å²) in [4.78, 5) is 5.64. The highest BCUT2D eigenvalue weighted by molar-refractivity contribution is 7.98. The maximum atomic E-state index is 5.52. The normalized spacial score (nSPS) is 12.6. The van der Waals surface area contributed by atoms with Gasteiger partial charge < -0.3 is 10.3 Å². The second-order valence-electron chi connectivity index (χ2n) is 4.16. The Labute approximate surface area is 111 Å². The zero-order valence-electron chi connectivity index (χ0n) is 10.6. The van der Waals surface area contributed by atoms with Crippen molar-refractivity contribution in [1.82, 2.24) is 10.1 Å². The molecule has 1 heterocycles. The molecular formula is C13H17N3OS. The maximum Gasteiger partial charge on any atom is 0.229 e. The number of rotatable bonds is 5. The van der Waals surface area contributed by atoms with E-state index in [2.05, 4.69) is 28.5 Å². The van der Waals surface area contributed by atoms with Crippen LogP contribution in [0.1, 0.15) is 25.2 Å². The third-order valence-electron chi connectivity index (χ3n) is 2.81. The van der Waals surface area contributed by atoms with Crippen LogP contribution >= 0.6 is 11.8 Å². The van der Waals surface area contributed by atoms with E-state index >= 15 is 0 Å². The summed E-state index contributed by atoms with van der Waals surface area (Å²) in [5.74, 6) is 1.51. The van der Waals surface area contributed by atoms with Gasteiger partial charge in [0, 0.05) is 16.4 Å². The Hall–Kier alpha value is -1.33. The molecule has 0 bridgehead atoms. The molecule has 2 N–H and O–H groups in total. The van der Waals surface area contributed by atoms with Crippen molar-refractivity contribution in [3.8, 4) is 11.4 Å². The number of nitrogens with two attached hydrogens (primary N) is 1. The zero-order chi connectivity index (χ0) is 13.0. The van der Waals surface area contributed by atoms with Crippen LogP contribution in [0.4, 0.5) is 0 Å². The van der Waals surface area contributed by atoms with E-state index in [1.54, 1.807) is 11.8 Å². The fourth-order valence-electron chi connectivity index (χ4n) is 1.67. The first kappa shape index (κ1) is 13.1. The smallest absolute Gasteiger partial charge is 0.229 e. The Morgan fingerprint density at radius 3 is 2.67 bits per heavy atom. The van der Waals surface area contributed by atoms with Crippen LogP contribution in [-0.4, -0.2) is 22.9 Å². The number of benzene rings is 1. The van der Waals surface area contributed by atoms with Crippen molar-refractivity contribution in [3.63, 3.8) is 0 Å². The lowest BCUT2D eigenvalue weighted by Crippen LogP contribution is -2.04. The fraction of sp³-hybridized carbons (Fsp3) is 0.385. The molecule has 4 nitrogen and oxygen atoms in total. The third-order valence-corrected chi connectivity index (χ3v) is 3.55. The van der Waals surface area contributed by atoms with Gasteiger partial charge in [0.1, 0.15) is 0 Å². The summed E-state index contributed by atoms with van der Waals surface area (Å²) in [6, 6.07) is 8.13. The van der Waals surface area contributed by atoms with Gasteiger partial charge in [-0.3, -0.25) is 0 Å². The minimum absolute atomic E-state index is 0.210. The van der Waals surface area contributed by atoms with E-state index in [-0.39, 0.29) is 5.92 Å². The Balaban J connectivity index is 2.18. The van der Waals surface area contributed by atoms with E-state index < -0.39 is 0 Å². The summed E-state index contributed by atoms with van der Waals surface area (Å²) in [6.07, 6.45) is 2.91. The molecule has 96 valence electrons. The highest BCUT2D eigenvalue weighted by Crippen LogP contribution is 2.23. The van der Waals surface area contributed by atoms with E-state index in [9.17, 15) is 0 Å². The quantitative estimate of drug-likeness (QED) is 0.840. The first-order valence-corrected chi connectivity index (χ1v) is 7.15. The van der Waals surface area contributed by atoms with Crippen LogP contribution in [0, 0.1) is 0 Å². The molecule has 0 radical (unpaired) electrons. The van der Waals surface area contributed by atoms with E-state index in [1.165, 1.54) is 4.90 Å². The summed E-state index contributed by atoms with van der Waals surface area (Å²) in [5, 5.41) is 4.01. The van der Waals surface area contributed by atoms with Gasteiger partial charge in [-0.15, -0.1) is 11.8 Å². The van der Waals surface area contributed by atoms with Crippen LogP contribution in [0.25, 0.3) is 11.4 Å². The van der Waals surface area contributed by atoms with Crippen LogP contribution in [0.15, 0.2) is 33.7 Å². The van der Waals surface area contributed by atoms with Gasteiger partial charge in [-0.2, -0.15) is 4.98 Å². The van der Waals surface area contributed by atoms with E-state index in [0.29, 0.717) is 18.3 Å². The van der Waals surface area contributed by atoms with Crippen LogP contribution in [0.3, 0.4) is 0 Å². The highest BCUT2D eigenvalue weighted by Gasteiger charge is 2.14. The molecular weight excluding hydrogens is 246 g/mol. The van der Waals surface area contributed by atoms with Gasteiger partial charge in [-0.25, -0.2) is 0 Å². The van der Waals surface area contributed by atoms with Crippen LogP contribution in [-0.2, 0) is 0 Å². The van der Waals surface area contributed by atoms with Crippen molar-refractivity contribution in [2.75, 3.05) is 12.8 Å². The van der Waals surface area contributed by atoms with Crippen molar-refractivity contribution < 1.29 is 4.52 Å². The Morgan fingerprint density at radius 2 is 2.06 bits per heavy atom. The summed E-state index contributed by atoms with van der Waals surface area (Å²) in [6.45, 7) is 2.67. The Morgan fingerprint density at radius 1 is 1.33 bits per heavy atom. The van der Waals surface area contributed by atoms with Gasteiger partial charge in [-0.1, -0.05) is 12.1 Å². The van der Waals surface area contributed by atoms with Crippen molar-refractivity contribution in [2.24, 2.45) is 5.73 Å². The Bertz CT molecular complexity index is 495. The van der Waals surface area contributed by atoms with E-state index in [1.807, 2.05) is 19.1 Å². The second kappa shape index (κ2) is 6.02. The third kappa shape index (κ3) is 2.91. The zero-order valence-corrected chi connectivity index (χ0v) is 11.4. The molecule has 0 spiro atoms. The molecule has 18 heavy (non-hydrogen) atoms. The largest absolute Gasteiger partial charge is 0.339 e. The number of hydrogen-bond acceptors (Lipinski definition) is 5. The maximum absolute atomic E-state index is 5.52. The average molecular weight is 263 g/mol. The molecule has 1 atom stereocenters. The average Bonchev–Trinajstić information content (AvgIpc) is 2.89. The first-order chi connectivity index (χ1) is 8.74. The molecule has 0 saturated carbocycles. The van der Waals surface area contributed by atoms with Gasteiger partial charge in [-0.05, 0) is 43.5 Å². The number of nitrogens with zero attached hydrogens (tertiary/aromatic N) is 2. The molecule has 0 aliphatic carbocycles. The SMILES string of the molecule is CSc1ccc(-c2noc(C(C)CCN)n2)cc1. The molecule has 1 aromatic heterocycles. The lowest BCUT2D eigenvalue weighted by Gasteiger charge is -2.01. The van der Waals surface area contributed by atoms with Crippen LogP contribution < -0.4 is 5.73 Å². The molecule has 0 aliphatic heterocycles. The number of aromatic nitrogens is 2. The monoisotopic (exact) mass is 263 g/mol. The van der Waals surface area contributed by atoms with E-state index in [4.69, 9.17) is 10.3 Å². The van der Waals surface area contributed by atoms with Crippen LogP contribution in [0.5, 0.6) is 0 Å². The standard InChI is InChI=1S/C13H17N3OS/c1-9(7-8-14)13-15-12(16-17-13)10-3-5-11(18-2)6-4-10/h3-6,9H,7-8,14H2,1-2H3. The predicted molar refractivity (Wildman–Crippen MR) is 73.6 cm³/mol. The van der Waals surface area contributed by atoms with Crippen LogP contribution in [0.2, 0.25) is 0 Å². The number of thioether (sulfide) groups is 1. The second-order valence-corrected chi connectivity index (χ2v) is 5.04. The summed E-state index contributed by atoms with van der Waals surface area (Å²) in [7, 11) is 0. The summed E-state index contributed by atoms with van der Waals surface area (Å²) < 4.78 is 5.27. The van der Waals surface area contributed by atoms with Crippen molar-refractivity contribution >= 4 is 11.8 Å². The van der Waals surface area contributed by atoms with Crippen molar-refractivity contribution in [3.05, 3.63) is 30.2 Å². The lowest BCUT2D eigenvalue weighted by atomic mass is 10.1. The summed E-state index contributed by atoms with van der Waals surface area (Å²) in [5.41, 5.74) is 6.50. The molecule has 2 aromatic rings. The highest BCUT2D eigenvalue weighted by atomic mass is 32.2. The van der Waals surface area contributed by atoms with E-state index in [0.717, 1.165) is 12.0 Å². The predicted octanol–water partition coefficient (Wildman–Crippen LogP) is 2.91. The first-order valence-electron chi connectivity index (χ1n) is 5.92. The van der Waals surface area contributed by atoms with Gasteiger partial charge in [0.25, 0.3) is 0 Å². The molecule has 5 heteroatoms. The molecule has 1 aromatic carbocycles. The number of hydrogen-bond donors (Lipinski definition) is 1. The molecule has 0 aliphatic rings. The lowest BCUT2D eigenvalue weighted by molar-refractivity contribution is 0.355. The topological polar surface area (TPSA) is 64.9 Å². The molecule has 2 rings (SSSR count). The minimum Gasteiger partial charge on any atom is -0.339 e. The van der Waals surface area contributed by atoms with Gasteiger partial charge in [0.2, 0.25) is 11.7 Å². The molecule has 0 fully saturated rings. The van der Waals surface area contributed by atoms with Crippen molar-refractivity contribution in [2.45, 2.75) is 24.2 Å². The van der Waals surface area contributed by atoms with Gasteiger partial charge >= 0.3 is 0 Å². The van der Waals surface area contributed by atoms with Crippen molar-refractivity contribution in [1.29, 1.82) is 0 Å². The Kier molecular flexibility index (Phi) is 4.38. The minimum atomic E-state index is 0.210. The van der Waals surface area contributed by atoms with Gasteiger partial charge in [0.15, 0.2) is 0 Å². The fourth-order valence-corrected chi connectivity index (χ4v) is 2.07. The summed E-state index contributed by atoms with van der Waals surface area (Å²) >= 11 is 1.71. The molecule has 0 saturated heterocycles.